The second kappa shape index (κ2) is 6.78. The van der Waals surface area contributed by atoms with Crippen LogP contribution in [0.5, 0.6) is 5.75 Å². The summed E-state index contributed by atoms with van der Waals surface area (Å²) >= 11 is 0. The molecule has 0 saturated carbocycles. The molecule has 0 spiro atoms. The second-order valence-electron chi connectivity index (χ2n) is 5.21. The van der Waals surface area contributed by atoms with E-state index in [1.807, 2.05) is 25.1 Å². The van der Waals surface area contributed by atoms with Crippen molar-refractivity contribution in [1.29, 1.82) is 0 Å². The molecule has 1 aliphatic heterocycles. The molecule has 0 aliphatic carbocycles. The van der Waals surface area contributed by atoms with E-state index in [0.29, 0.717) is 6.61 Å². The topological polar surface area (TPSA) is 37.6 Å². The van der Waals surface area contributed by atoms with Gasteiger partial charge in [-0.3, -0.25) is 4.90 Å². The number of rotatable bonds is 5. The zero-order valence-corrected chi connectivity index (χ0v) is 12.4. The van der Waals surface area contributed by atoms with Gasteiger partial charge in [0.25, 0.3) is 0 Å². The van der Waals surface area contributed by atoms with Crippen LogP contribution in [0.3, 0.4) is 0 Å². The molecule has 2 heterocycles. The average molecular weight is 286 g/mol. The monoisotopic (exact) mass is 286 g/mol. The molecule has 112 valence electrons. The van der Waals surface area contributed by atoms with Crippen LogP contribution < -0.4 is 10.1 Å². The van der Waals surface area contributed by atoms with Crippen LogP contribution in [0, 0.1) is 0 Å². The summed E-state index contributed by atoms with van der Waals surface area (Å²) in [5.74, 6) is 1.92. The Morgan fingerprint density at radius 3 is 2.57 bits per heavy atom. The smallest absolute Gasteiger partial charge is 0.125 e. The third kappa shape index (κ3) is 3.28. The fraction of sp³-hybridized carbons (Fsp3) is 0.412. The SMILES string of the molecule is CCOc1ccc(C(c2ccco2)N2CCNCC2)cc1. The van der Waals surface area contributed by atoms with Crippen LogP contribution in [0.25, 0.3) is 0 Å². The fourth-order valence-corrected chi connectivity index (χ4v) is 2.86. The van der Waals surface area contributed by atoms with E-state index >= 15 is 0 Å². The van der Waals surface area contributed by atoms with Gasteiger partial charge >= 0.3 is 0 Å². The van der Waals surface area contributed by atoms with Gasteiger partial charge in [0, 0.05) is 26.2 Å². The number of hydrogen-bond donors (Lipinski definition) is 1. The average Bonchev–Trinajstić information content (AvgIpc) is 3.05. The van der Waals surface area contributed by atoms with Crippen molar-refractivity contribution in [3.05, 3.63) is 54.0 Å². The highest BCUT2D eigenvalue weighted by molar-refractivity contribution is 5.33. The predicted octanol–water partition coefficient (Wildman–Crippen LogP) is 2.67. The molecule has 1 saturated heterocycles. The first-order valence-corrected chi connectivity index (χ1v) is 7.59. The van der Waals surface area contributed by atoms with Crippen LogP contribution >= 0.6 is 0 Å². The molecule has 1 unspecified atom stereocenters. The maximum Gasteiger partial charge on any atom is 0.125 e. The fourth-order valence-electron chi connectivity index (χ4n) is 2.86. The van der Waals surface area contributed by atoms with Gasteiger partial charge in [0.15, 0.2) is 0 Å². The Morgan fingerprint density at radius 2 is 1.95 bits per heavy atom. The molecule has 4 nitrogen and oxygen atoms in total. The lowest BCUT2D eigenvalue weighted by atomic mass is 10.0. The lowest BCUT2D eigenvalue weighted by molar-refractivity contribution is 0.180. The van der Waals surface area contributed by atoms with E-state index in [9.17, 15) is 0 Å². The van der Waals surface area contributed by atoms with E-state index in [4.69, 9.17) is 9.15 Å². The van der Waals surface area contributed by atoms with Crippen molar-refractivity contribution in [1.82, 2.24) is 10.2 Å². The zero-order valence-electron chi connectivity index (χ0n) is 12.4. The lowest BCUT2D eigenvalue weighted by Crippen LogP contribution is -2.45. The van der Waals surface area contributed by atoms with Crippen LogP contribution in [-0.4, -0.2) is 37.7 Å². The lowest BCUT2D eigenvalue weighted by Gasteiger charge is -2.34. The van der Waals surface area contributed by atoms with E-state index in [1.54, 1.807) is 6.26 Å². The van der Waals surface area contributed by atoms with Gasteiger partial charge in [-0.05, 0) is 36.8 Å². The molecule has 1 fully saturated rings. The minimum atomic E-state index is 0.178. The van der Waals surface area contributed by atoms with Crippen LogP contribution in [0.2, 0.25) is 0 Å². The third-order valence-electron chi connectivity index (χ3n) is 3.84. The molecule has 0 amide bonds. The Balaban J connectivity index is 1.87. The molecule has 1 aliphatic rings. The first-order chi connectivity index (χ1) is 10.4. The second-order valence-corrected chi connectivity index (χ2v) is 5.21. The van der Waals surface area contributed by atoms with Crippen LogP contribution in [0.15, 0.2) is 47.1 Å². The van der Waals surface area contributed by atoms with Gasteiger partial charge in [0.05, 0.1) is 18.9 Å². The molecule has 21 heavy (non-hydrogen) atoms. The highest BCUT2D eigenvalue weighted by Crippen LogP contribution is 2.30. The highest BCUT2D eigenvalue weighted by Gasteiger charge is 2.25. The normalized spacial score (nSPS) is 17.6. The first kappa shape index (κ1) is 14.2. The maximum absolute atomic E-state index is 5.69. The molecule has 2 aromatic rings. The van der Waals surface area contributed by atoms with Crippen LogP contribution in [0.4, 0.5) is 0 Å². The molecule has 0 bridgehead atoms. The minimum Gasteiger partial charge on any atom is -0.494 e. The van der Waals surface area contributed by atoms with Crippen molar-refractivity contribution in [3.63, 3.8) is 0 Å². The summed E-state index contributed by atoms with van der Waals surface area (Å²) in [6.45, 7) is 6.79. The summed E-state index contributed by atoms with van der Waals surface area (Å²) in [6, 6.07) is 12.6. The Bertz CT molecular complexity index is 530. The molecule has 1 atom stereocenters. The highest BCUT2D eigenvalue weighted by atomic mass is 16.5. The van der Waals surface area contributed by atoms with Crippen LogP contribution in [-0.2, 0) is 0 Å². The Kier molecular flexibility index (Phi) is 4.58. The Labute approximate surface area is 125 Å². The molecule has 3 rings (SSSR count). The number of furan rings is 1. The van der Waals surface area contributed by atoms with Gasteiger partial charge in [-0.15, -0.1) is 0 Å². The van der Waals surface area contributed by atoms with Crippen molar-refractivity contribution in [2.24, 2.45) is 0 Å². The molecule has 4 heteroatoms. The van der Waals surface area contributed by atoms with Crippen molar-refractivity contribution in [2.75, 3.05) is 32.8 Å². The largest absolute Gasteiger partial charge is 0.494 e. The molecular weight excluding hydrogens is 264 g/mol. The van der Waals surface area contributed by atoms with Gasteiger partial charge in [0.1, 0.15) is 11.5 Å². The summed E-state index contributed by atoms with van der Waals surface area (Å²) in [5.41, 5.74) is 1.25. The molecule has 1 aromatic heterocycles. The Morgan fingerprint density at radius 1 is 1.19 bits per heavy atom. The number of hydrogen-bond acceptors (Lipinski definition) is 4. The number of benzene rings is 1. The molecular formula is C17H22N2O2. The third-order valence-corrected chi connectivity index (χ3v) is 3.84. The van der Waals surface area contributed by atoms with Gasteiger partial charge in [0.2, 0.25) is 0 Å². The number of nitrogens with zero attached hydrogens (tertiary/aromatic N) is 1. The van der Waals surface area contributed by atoms with Crippen molar-refractivity contribution >= 4 is 0 Å². The molecule has 1 aromatic carbocycles. The summed E-state index contributed by atoms with van der Waals surface area (Å²) in [4.78, 5) is 2.46. The van der Waals surface area contributed by atoms with Crippen molar-refractivity contribution < 1.29 is 9.15 Å². The van der Waals surface area contributed by atoms with E-state index < -0.39 is 0 Å². The number of piperazine rings is 1. The van der Waals surface area contributed by atoms with Gasteiger partial charge in [-0.2, -0.15) is 0 Å². The summed E-state index contributed by atoms with van der Waals surface area (Å²) in [5, 5.41) is 3.40. The Hall–Kier alpha value is -1.78. The summed E-state index contributed by atoms with van der Waals surface area (Å²) in [6.07, 6.45) is 1.75. The standard InChI is InChI=1S/C17H22N2O2/c1-2-20-15-7-5-14(6-8-15)17(16-4-3-13-21-16)19-11-9-18-10-12-19/h3-8,13,17-18H,2,9-12H2,1H3. The number of nitrogens with one attached hydrogen (secondary N) is 1. The van der Waals surface area contributed by atoms with Gasteiger partial charge < -0.3 is 14.5 Å². The first-order valence-electron chi connectivity index (χ1n) is 7.59. The molecule has 0 radical (unpaired) electrons. The summed E-state index contributed by atoms with van der Waals surface area (Å²) in [7, 11) is 0. The predicted molar refractivity (Wildman–Crippen MR) is 82.6 cm³/mol. The molecule has 1 N–H and O–H groups in total. The van der Waals surface area contributed by atoms with E-state index in [0.717, 1.165) is 37.7 Å². The summed E-state index contributed by atoms with van der Waals surface area (Å²) < 4.78 is 11.2. The van der Waals surface area contributed by atoms with Crippen molar-refractivity contribution in [3.8, 4) is 5.75 Å². The minimum absolute atomic E-state index is 0.178. The van der Waals surface area contributed by atoms with E-state index in [1.165, 1.54) is 5.56 Å². The van der Waals surface area contributed by atoms with Gasteiger partial charge in [-0.1, -0.05) is 12.1 Å². The number of ether oxygens (including phenoxy) is 1. The van der Waals surface area contributed by atoms with Gasteiger partial charge in [-0.25, -0.2) is 0 Å². The van der Waals surface area contributed by atoms with Crippen LogP contribution in [0.1, 0.15) is 24.3 Å². The maximum atomic E-state index is 5.69. The van der Waals surface area contributed by atoms with Crippen molar-refractivity contribution in [2.45, 2.75) is 13.0 Å². The van der Waals surface area contributed by atoms with E-state index in [2.05, 4.69) is 28.4 Å². The quantitative estimate of drug-likeness (QED) is 0.917. The van der Waals surface area contributed by atoms with E-state index in [-0.39, 0.29) is 6.04 Å². The zero-order chi connectivity index (χ0) is 14.5.